The van der Waals surface area contributed by atoms with Crippen LogP contribution in [0, 0.1) is 0 Å². The van der Waals surface area contributed by atoms with Crippen molar-refractivity contribution in [3.8, 4) is 5.75 Å². The number of carbonyl (C=O) groups is 1. The van der Waals surface area contributed by atoms with Crippen LogP contribution < -0.4 is 4.74 Å². The predicted molar refractivity (Wildman–Crippen MR) is 62.0 cm³/mol. The molecule has 0 atom stereocenters. The van der Waals surface area contributed by atoms with E-state index < -0.39 is 8.32 Å². The van der Waals surface area contributed by atoms with Gasteiger partial charge >= 0.3 is 0 Å². The molecule has 0 radical (unpaired) electrons. The number of benzene rings is 1. The number of hydrogen-bond acceptors (Lipinski definition) is 3. The van der Waals surface area contributed by atoms with Crippen molar-refractivity contribution in [1.29, 1.82) is 0 Å². The molecule has 0 spiro atoms. The smallest absolute Gasteiger partial charge is 0.220 e. The Kier molecular flexibility index (Phi) is 3.90. The SMILES string of the molecule is C[Si](C)(O)COc1ccc(C=O)cc1Cl. The second-order valence-corrected chi connectivity index (χ2v) is 8.23. The van der Waals surface area contributed by atoms with Crippen molar-refractivity contribution in [3.05, 3.63) is 28.8 Å². The lowest BCUT2D eigenvalue weighted by Crippen LogP contribution is -2.34. The van der Waals surface area contributed by atoms with Crippen LogP contribution in [-0.2, 0) is 0 Å². The highest BCUT2D eigenvalue weighted by Gasteiger charge is 2.18. The fourth-order valence-corrected chi connectivity index (χ4v) is 1.71. The van der Waals surface area contributed by atoms with Gasteiger partial charge in [0.15, 0.2) is 0 Å². The van der Waals surface area contributed by atoms with E-state index in [2.05, 4.69) is 0 Å². The quantitative estimate of drug-likeness (QED) is 0.653. The van der Waals surface area contributed by atoms with E-state index in [0.717, 1.165) is 6.29 Å². The lowest BCUT2D eigenvalue weighted by atomic mass is 10.2. The van der Waals surface area contributed by atoms with Crippen LogP contribution in [0.15, 0.2) is 18.2 Å². The Morgan fingerprint density at radius 3 is 2.67 bits per heavy atom. The number of halogens is 1. The molecule has 0 fully saturated rings. The van der Waals surface area contributed by atoms with Gasteiger partial charge in [0, 0.05) is 5.56 Å². The zero-order valence-corrected chi connectivity index (χ0v) is 10.4. The molecule has 0 bridgehead atoms. The molecule has 0 saturated carbocycles. The Labute approximate surface area is 94.8 Å². The van der Waals surface area contributed by atoms with Gasteiger partial charge in [-0.05, 0) is 31.3 Å². The lowest BCUT2D eigenvalue weighted by Gasteiger charge is -2.15. The van der Waals surface area contributed by atoms with E-state index in [9.17, 15) is 9.59 Å². The Bertz CT molecular complexity index is 360. The van der Waals surface area contributed by atoms with Gasteiger partial charge in [0.25, 0.3) is 0 Å². The molecule has 1 aromatic carbocycles. The first-order valence-electron chi connectivity index (χ1n) is 4.52. The minimum absolute atomic E-state index is 0.285. The Hall–Kier alpha value is -0.843. The lowest BCUT2D eigenvalue weighted by molar-refractivity contribution is 0.112. The fourth-order valence-electron chi connectivity index (χ4n) is 0.962. The number of aldehydes is 1. The Balaban J connectivity index is 2.74. The molecule has 3 nitrogen and oxygen atoms in total. The highest BCUT2D eigenvalue weighted by molar-refractivity contribution is 6.69. The standard InChI is InChI=1S/C10H13ClO3Si/c1-15(2,13)7-14-10-4-3-8(6-12)5-9(10)11/h3-6,13H,7H2,1-2H3. The van der Waals surface area contributed by atoms with Crippen LogP contribution in [0.3, 0.4) is 0 Å². The fraction of sp³-hybridized carbons (Fsp3) is 0.300. The molecule has 0 saturated heterocycles. The molecular formula is C10H13ClO3Si. The third kappa shape index (κ3) is 4.03. The number of ether oxygens (including phenoxy) is 1. The largest absolute Gasteiger partial charge is 0.493 e. The van der Waals surface area contributed by atoms with Crippen molar-refractivity contribution < 1.29 is 14.3 Å². The second-order valence-electron chi connectivity index (χ2n) is 3.91. The maximum absolute atomic E-state index is 10.5. The summed E-state index contributed by atoms with van der Waals surface area (Å²) in [7, 11) is -2.24. The molecule has 1 aromatic rings. The van der Waals surface area contributed by atoms with Crippen LogP contribution in [0.5, 0.6) is 5.75 Å². The van der Waals surface area contributed by atoms with E-state index in [1.807, 2.05) is 0 Å². The molecule has 0 aromatic heterocycles. The Morgan fingerprint density at radius 2 is 2.20 bits per heavy atom. The summed E-state index contributed by atoms with van der Waals surface area (Å²) in [5.74, 6) is 0.497. The van der Waals surface area contributed by atoms with Crippen LogP contribution >= 0.6 is 11.6 Å². The molecule has 0 amide bonds. The molecule has 0 aliphatic heterocycles. The van der Waals surface area contributed by atoms with Crippen LogP contribution in [0.1, 0.15) is 10.4 Å². The third-order valence-electron chi connectivity index (χ3n) is 1.67. The summed E-state index contributed by atoms with van der Waals surface area (Å²) < 4.78 is 5.36. The van der Waals surface area contributed by atoms with Gasteiger partial charge in [0.2, 0.25) is 8.32 Å². The molecule has 0 heterocycles. The van der Waals surface area contributed by atoms with Gasteiger partial charge in [-0.1, -0.05) is 11.6 Å². The highest BCUT2D eigenvalue weighted by atomic mass is 35.5. The molecule has 1 N–H and O–H groups in total. The average molecular weight is 245 g/mol. The van der Waals surface area contributed by atoms with Crippen molar-refractivity contribution >= 4 is 26.2 Å². The van der Waals surface area contributed by atoms with Crippen LogP contribution in [-0.4, -0.2) is 25.6 Å². The van der Waals surface area contributed by atoms with Gasteiger partial charge < -0.3 is 9.53 Å². The van der Waals surface area contributed by atoms with Crippen LogP contribution in [0.4, 0.5) is 0 Å². The third-order valence-corrected chi connectivity index (χ3v) is 2.82. The van der Waals surface area contributed by atoms with Gasteiger partial charge in [0.1, 0.15) is 18.3 Å². The number of carbonyl (C=O) groups excluding carboxylic acids is 1. The summed E-state index contributed by atoms with van der Waals surface area (Å²) in [4.78, 5) is 20.0. The summed E-state index contributed by atoms with van der Waals surface area (Å²) in [6.07, 6.45) is 1.01. The van der Waals surface area contributed by atoms with E-state index >= 15 is 0 Å². The maximum atomic E-state index is 10.5. The van der Waals surface area contributed by atoms with E-state index in [4.69, 9.17) is 16.3 Å². The molecule has 15 heavy (non-hydrogen) atoms. The van der Waals surface area contributed by atoms with Gasteiger partial charge in [-0.3, -0.25) is 4.79 Å². The summed E-state index contributed by atoms with van der Waals surface area (Å²) in [5, 5.41) is 0.387. The predicted octanol–water partition coefficient (Wildman–Crippen LogP) is 2.27. The van der Waals surface area contributed by atoms with Crippen LogP contribution in [0.25, 0.3) is 0 Å². The zero-order chi connectivity index (χ0) is 11.5. The van der Waals surface area contributed by atoms with Crippen molar-refractivity contribution in [2.24, 2.45) is 0 Å². The minimum Gasteiger partial charge on any atom is -0.493 e. The normalized spacial score (nSPS) is 11.2. The van der Waals surface area contributed by atoms with E-state index in [1.165, 1.54) is 6.07 Å². The Morgan fingerprint density at radius 1 is 1.53 bits per heavy atom. The van der Waals surface area contributed by atoms with E-state index in [0.29, 0.717) is 16.3 Å². The van der Waals surface area contributed by atoms with E-state index in [1.54, 1.807) is 25.2 Å². The van der Waals surface area contributed by atoms with Crippen LogP contribution in [0.2, 0.25) is 18.1 Å². The molecule has 1 rings (SSSR count). The summed E-state index contributed by atoms with van der Waals surface area (Å²) in [5.41, 5.74) is 0.507. The molecule has 0 aliphatic carbocycles. The summed E-state index contributed by atoms with van der Waals surface area (Å²) in [6, 6.07) is 4.79. The van der Waals surface area contributed by atoms with Crippen molar-refractivity contribution in [2.45, 2.75) is 13.1 Å². The van der Waals surface area contributed by atoms with Crippen molar-refractivity contribution in [1.82, 2.24) is 0 Å². The van der Waals surface area contributed by atoms with Crippen molar-refractivity contribution in [3.63, 3.8) is 0 Å². The summed E-state index contributed by atoms with van der Waals surface area (Å²) >= 11 is 5.89. The topological polar surface area (TPSA) is 46.5 Å². The van der Waals surface area contributed by atoms with E-state index in [-0.39, 0.29) is 6.23 Å². The highest BCUT2D eigenvalue weighted by Crippen LogP contribution is 2.25. The van der Waals surface area contributed by atoms with Crippen molar-refractivity contribution in [2.75, 3.05) is 6.23 Å². The zero-order valence-electron chi connectivity index (χ0n) is 8.66. The molecular weight excluding hydrogens is 232 g/mol. The molecule has 5 heteroatoms. The summed E-state index contributed by atoms with van der Waals surface area (Å²) in [6.45, 7) is 3.56. The first-order chi connectivity index (χ1) is 6.92. The average Bonchev–Trinajstić information content (AvgIpc) is 2.14. The monoisotopic (exact) mass is 244 g/mol. The second kappa shape index (κ2) is 4.79. The molecule has 0 aliphatic rings. The van der Waals surface area contributed by atoms with Gasteiger partial charge in [-0.25, -0.2) is 0 Å². The number of hydrogen-bond donors (Lipinski definition) is 1. The molecule has 0 unspecified atom stereocenters. The van der Waals surface area contributed by atoms with Gasteiger partial charge in [-0.2, -0.15) is 0 Å². The first kappa shape index (κ1) is 12.2. The first-order valence-corrected chi connectivity index (χ1v) is 8.05. The van der Waals surface area contributed by atoms with Gasteiger partial charge in [0.05, 0.1) is 5.02 Å². The van der Waals surface area contributed by atoms with Gasteiger partial charge in [-0.15, -0.1) is 0 Å². The number of rotatable bonds is 4. The minimum atomic E-state index is -2.24. The maximum Gasteiger partial charge on any atom is 0.220 e. The molecule has 82 valence electrons.